The Morgan fingerprint density at radius 3 is 2.94 bits per heavy atom. The largest absolute Gasteiger partial charge is 0.412 e. The maximum atomic E-state index is 14.3. The van der Waals surface area contributed by atoms with Gasteiger partial charge in [0.05, 0.1) is 34.5 Å². The van der Waals surface area contributed by atoms with E-state index in [-0.39, 0.29) is 11.8 Å². The lowest BCUT2D eigenvalue weighted by atomic mass is 9.99. The van der Waals surface area contributed by atoms with E-state index in [0.717, 1.165) is 5.69 Å². The summed E-state index contributed by atoms with van der Waals surface area (Å²) in [7, 11) is 1.79. The van der Waals surface area contributed by atoms with Gasteiger partial charge in [0.15, 0.2) is 0 Å². The topological polar surface area (TPSA) is 123 Å². The monoisotopic (exact) mass is 447 g/mol. The van der Waals surface area contributed by atoms with Crippen LogP contribution in [0.5, 0.6) is 0 Å². The van der Waals surface area contributed by atoms with Crippen LogP contribution in [0.2, 0.25) is 0 Å². The summed E-state index contributed by atoms with van der Waals surface area (Å²) >= 11 is 0. The molecule has 0 saturated carbocycles. The smallest absolute Gasteiger partial charge is 0.312 e. The van der Waals surface area contributed by atoms with E-state index >= 15 is 0 Å². The van der Waals surface area contributed by atoms with Crippen molar-refractivity contribution in [3.8, 4) is 11.5 Å². The van der Waals surface area contributed by atoms with Crippen LogP contribution in [0, 0.1) is 12.9 Å². The first kappa shape index (κ1) is 19.3. The number of nitrogens with zero attached hydrogens (tertiary/aromatic N) is 8. The van der Waals surface area contributed by atoms with Gasteiger partial charge in [-0.05, 0) is 25.1 Å². The molecule has 1 amide bonds. The van der Waals surface area contributed by atoms with Crippen LogP contribution in [-0.4, -0.2) is 56.9 Å². The van der Waals surface area contributed by atoms with Crippen molar-refractivity contribution in [1.29, 1.82) is 0 Å². The van der Waals surface area contributed by atoms with Gasteiger partial charge in [-0.2, -0.15) is 14.6 Å². The van der Waals surface area contributed by atoms with E-state index in [1.54, 1.807) is 47.4 Å². The normalized spacial score (nSPS) is 15.8. The zero-order valence-electron chi connectivity index (χ0n) is 17.7. The Morgan fingerprint density at radius 2 is 2.15 bits per heavy atom. The molecule has 12 heteroatoms. The Morgan fingerprint density at radius 1 is 1.27 bits per heavy atom. The molecule has 0 fully saturated rings. The van der Waals surface area contributed by atoms with Crippen LogP contribution in [0.4, 0.5) is 4.39 Å². The van der Waals surface area contributed by atoms with Gasteiger partial charge < -0.3 is 14.3 Å². The van der Waals surface area contributed by atoms with Crippen LogP contribution in [0.3, 0.4) is 0 Å². The highest BCUT2D eigenvalue weighted by Gasteiger charge is 2.38. The molecule has 1 atom stereocenters. The molecule has 166 valence electrons. The van der Waals surface area contributed by atoms with Gasteiger partial charge in [0.2, 0.25) is 5.95 Å². The third-order valence-electron chi connectivity index (χ3n) is 5.78. The number of fused-ring (bicyclic) bond motifs is 2. The van der Waals surface area contributed by atoms with Crippen LogP contribution in [0.1, 0.15) is 39.5 Å². The highest BCUT2D eigenvalue weighted by molar-refractivity contribution is 5.90. The predicted octanol–water partition coefficient (Wildman–Crippen LogP) is 2.08. The maximum Gasteiger partial charge on any atom is 0.312 e. The summed E-state index contributed by atoms with van der Waals surface area (Å²) in [5, 5.41) is 16.7. The average molecular weight is 447 g/mol. The minimum absolute atomic E-state index is 0.146. The molecule has 0 spiro atoms. The highest BCUT2D eigenvalue weighted by atomic mass is 19.1. The van der Waals surface area contributed by atoms with E-state index in [2.05, 4.69) is 30.4 Å². The number of hydrogen-bond acceptors (Lipinski definition) is 7. The van der Waals surface area contributed by atoms with E-state index in [0.29, 0.717) is 41.1 Å². The zero-order valence-corrected chi connectivity index (χ0v) is 17.7. The Labute approximate surface area is 185 Å². The Bertz CT molecular complexity index is 1510. The van der Waals surface area contributed by atoms with Crippen molar-refractivity contribution in [1.82, 2.24) is 44.5 Å². The lowest BCUT2D eigenvalue weighted by Gasteiger charge is -2.32. The molecule has 1 aliphatic rings. The molecule has 11 nitrogen and oxygen atoms in total. The van der Waals surface area contributed by atoms with Gasteiger partial charge >= 0.3 is 11.8 Å². The van der Waals surface area contributed by atoms with Crippen molar-refractivity contribution in [3.63, 3.8) is 0 Å². The van der Waals surface area contributed by atoms with Crippen molar-refractivity contribution in [2.24, 2.45) is 7.05 Å². The maximum absolute atomic E-state index is 14.3. The number of halogens is 1. The van der Waals surface area contributed by atoms with Crippen molar-refractivity contribution in [2.45, 2.75) is 19.4 Å². The van der Waals surface area contributed by atoms with Gasteiger partial charge in [0.1, 0.15) is 6.04 Å². The van der Waals surface area contributed by atoms with Gasteiger partial charge in [-0.25, -0.2) is 9.50 Å². The van der Waals surface area contributed by atoms with Gasteiger partial charge in [0.25, 0.3) is 5.89 Å². The predicted molar refractivity (Wildman–Crippen MR) is 112 cm³/mol. The summed E-state index contributed by atoms with van der Waals surface area (Å²) in [5.41, 5.74) is 3.99. The van der Waals surface area contributed by atoms with E-state index in [1.165, 1.54) is 10.6 Å². The fraction of sp³-hybridized carbons (Fsp3) is 0.238. The molecule has 5 aromatic heterocycles. The number of aromatic amines is 1. The number of pyridine rings is 1. The molecular formula is C21H18FN9O2. The quantitative estimate of drug-likeness (QED) is 0.420. The van der Waals surface area contributed by atoms with E-state index in [9.17, 15) is 9.18 Å². The Kier molecular flexibility index (Phi) is 4.15. The minimum Gasteiger partial charge on any atom is -0.412 e. The van der Waals surface area contributed by atoms with E-state index < -0.39 is 17.9 Å². The molecule has 33 heavy (non-hydrogen) atoms. The van der Waals surface area contributed by atoms with Gasteiger partial charge in [-0.15, -0.1) is 10.2 Å². The first-order valence-electron chi connectivity index (χ1n) is 10.3. The number of amides is 1. The third-order valence-corrected chi connectivity index (χ3v) is 5.78. The lowest BCUT2D eigenvalue weighted by molar-refractivity contribution is 0.0646. The first-order valence-corrected chi connectivity index (χ1v) is 10.3. The number of carbonyl (C=O) groups excluding carboxylic acids is 1. The van der Waals surface area contributed by atoms with Gasteiger partial charge in [0, 0.05) is 31.9 Å². The number of aryl methyl sites for hydroxylation is 2. The number of rotatable bonds is 3. The van der Waals surface area contributed by atoms with Crippen LogP contribution in [-0.2, 0) is 13.5 Å². The van der Waals surface area contributed by atoms with Crippen molar-refractivity contribution >= 4 is 11.4 Å². The summed E-state index contributed by atoms with van der Waals surface area (Å²) in [6, 6.07) is 5.80. The summed E-state index contributed by atoms with van der Waals surface area (Å²) in [6.45, 7) is 2.20. The SMILES string of the molecule is Cc1nn(C)cc1-c1nnc(C(=O)N2CCc3[nH]cnc3[C@@H]2c2cc3cccc(F)n3n2)o1. The molecule has 1 aliphatic heterocycles. The number of imidazole rings is 1. The molecular weight excluding hydrogens is 429 g/mol. The van der Waals surface area contributed by atoms with Crippen molar-refractivity contribution < 1.29 is 13.6 Å². The van der Waals surface area contributed by atoms with Gasteiger partial charge in [-0.1, -0.05) is 6.07 Å². The van der Waals surface area contributed by atoms with Crippen molar-refractivity contribution in [3.05, 3.63) is 71.4 Å². The molecule has 0 aromatic carbocycles. The third kappa shape index (κ3) is 3.02. The number of nitrogens with one attached hydrogen (secondary N) is 1. The summed E-state index contributed by atoms with van der Waals surface area (Å²) in [6.07, 6.45) is 3.90. The number of H-pyrrole nitrogens is 1. The molecule has 0 unspecified atom stereocenters. The average Bonchev–Trinajstić information content (AvgIpc) is 3.58. The summed E-state index contributed by atoms with van der Waals surface area (Å²) in [5.74, 6) is -0.880. The van der Waals surface area contributed by atoms with Crippen molar-refractivity contribution in [2.75, 3.05) is 6.54 Å². The van der Waals surface area contributed by atoms with Crippen LogP contribution in [0.25, 0.3) is 17.0 Å². The fourth-order valence-corrected chi connectivity index (χ4v) is 4.28. The molecule has 1 N–H and O–H groups in total. The molecule has 0 aliphatic carbocycles. The second-order valence-corrected chi connectivity index (χ2v) is 7.89. The number of carbonyl (C=O) groups is 1. The number of hydrogen-bond donors (Lipinski definition) is 1. The molecule has 0 radical (unpaired) electrons. The lowest BCUT2D eigenvalue weighted by Crippen LogP contribution is -2.41. The van der Waals surface area contributed by atoms with Crippen LogP contribution >= 0.6 is 0 Å². The summed E-state index contributed by atoms with van der Waals surface area (Å²) in [4.78, 5) is 22.6. The van der Waals surface area contributed by atoms with E-state index in [1.807, 2.05) is 6.92 Å². The van der Waals surface area contributed by atoms with E-state index in [4.69, 9.17) is 4.42 Å². The second-order valence-electron chi connectivity index (χ2n) is 7.89. The van der Waals surface area contributed by atoms with Gasteiger partial charge in [-0.3, -0.25) is 9.48 Å². The zero-order chi connectivity index (χ0) is 22.7. The van der Waals surface area contributed by atoms with Crippen LogP contribution in [0.15, 0.2) is 41.2 Å². The Hall–Kier alpha value is -4.35. The standard InChI is InChI=1S/C21H18FN9O2/c1-11-13(9-29(2)27-11)19-25-26-20(33-19)21(32)30-7-6-14-17(24-10-23-14)18(30)15-8-12-4-3-5-16(22)31(12)28-15/h3-5,8-10,18H,6-7H2,1-2H3,(H,23,24)/t18-/m0/s1. The van der Waals surface area contributed by atoms with Crippen LogP contribution < -0.4 is 0 Å². The fourth-order valence-electron chi connectivity index (χ4n) is 4.28. The first-order chi connectivity index (χ1) is 16.0. The molecule has 0 bridgehead atoms. The molecule has 5 aromatic rings. The number of aromatic nitrogens is 8. The second kappa shape index (κ2) is 7.08. The molecule has 6 rings (SSSR count). The minimum atomic E-state index is -0.637. The molecule has 6 heterocycles. The Balaban J connectivity index is 1.41. The highest BCUT2D eigenvalue weighted by Crippen LogP contribution is 2.34. The summed E-state index contributed by atoms with van der Waals surface area (Å²) < 4.78 is 22.9. The molecule has 0 saturated heterocycles.